The Morgan fingerprint density at radius 1 is 1.14 bits per heavy atom. The van der Waals surface area contributed by atoms with Gasteiger partial charge in [0.1, 0.15) is 25.0 Å². The van der Waals surface area contributed by atoms with Gasteiger partial charge in [0.25, 0.3) is 0 Å². The van der Waals surface area contributed by atoms with Crippen molar-refractivity contribution in [3.05, 3.63) is 60.1 Å². The number of hydrogen-bond donors (Lipinski definition) is 2. The van der Waals surface area contributed by atoms with Crippen LogP contribution in [0.2, 0.25) is 0 Å². The van der Waals surface area contributed by atoms with Crippen LogP contribution >= 0.6 is 0 Å². The fourth-order valence-electron chi connectivity index (χ4n) is 1.85. The monoisotopic (exact) mass is 289 g/mol. The van der Waals surface area contributed by atoms with Crippen LogP contribution in [-0.2, 0) is 14.3 Å². The highest BCUT2D eigenvalue weighted by molar-refractivity contribution is 5.78. The van der Waals surface area contributed by atoms with E-state index in [9.17, 15) is 9.59 Å². The molecule has 21 heavy (non-hydrogen) atoms. The van der Waals surface area contributed by atoms with Crippen molar-refractivity contribution in [1.82, 2.24) is 5.32 Å². The van der Waals surface area contributed by atoms with Gasteiger partial charge in [0.2, 0.25) is 5.91 Å². The highest BCUT2D eigenvalue weighted by Crippen LogP contribution is 2.22. The zero-order chi connectivity index (χ0) is 15.1. The van der Waals surface area contributed by atoms with E-state index in [4.69, 9.17) is 14.3 Å². The van der Waals surface area contributed by atoms with Gasteiger partial charge >= 0.3 is 5.97 Å². The Bertz CT molecular complexity index is 579. The van der Waals surface area contributed by atoms with Crippen molar-refractivity contribution in [3.8, 4) is 0 Å². The Kier molecular flexibility index (Phi) is 5.11. The summed E-state index contributed by atoms with van der Waals surface area (Å²) in [7, 11) is 0. The summed E-state index contributed by atoms with van der Waals surface area (Å²) in [6, 6.07) is 12.4. The van der Waals surface area contributed by atoms with Crippen LogP contribution in [0, 0.1) is 0 Å². The molecule has 0 saturated heterocycles. The summed E-state index contributed by atoms with van der Waals surface area (Å²) < 4.78 is 10.1. The first kappa shape index (κ1) is 14.8. The second-order valence-corrected chi connectivity index (χ2v) is 4.31. The SMILES string of the molecule is O=C(O)COCC(=O)NC(c1ccccc1)c1ccco1. The van der Waals surface area contributed by atoms with Gasteiger partial charge in [0.05, 0.1) is 6.26 Å². The minimum atomic E-state index is -1.12. The first-order chi connectivity index (χ1) is 10.2. The molecular weight excluding hydrogens is 274 g/mol. The van der Waals surface area contributed by atoms with Gasteiger partial charge in [0, 0.05) is 0 Å². The van der Waals surface area contributed by atoms with Gasteiger partial charge in [-0.1, -0.05) is 30.3 Å². The normalized spacial score (nSPS) is 11.8. The summed E-state index contributed by atoms with van der Waals surface area (Å²) in [6.07, 6.45) is 1.53. The molecule has 2 rings (SSSR count). The van der Waals surface area contributed by atoms with Crippen molar-refractivity contribution in [2.75, 3.05) is 13.2 Å². The fourth-order valence-corrected chi connectivity index (χ4v) is 1.85. The van der Waals surface area contributed by atoms with Crippen LogP contribution in [0.3, 0.4) is 0 Å². The summed E-state index contributed by atoms with van der Waals surface area (Å²) in [5.41, 5.74) is 0.860. The number of carboxylic acids is 1. The van der Waals surface area contributed by atoms with E-state index in [2.05, 4.69) is 5.32 Å². The lowest BCUT2D eigenvalue weighted by Gasteiger charge is -2.17. The third-order valence-corrected chi connectivity index (χ3v) is 2.72. The topological polar surface area (TPSA) is 88.8 Å². The molecule has 1 atom stereocenters. The summed E-state index contributed by atoms with van der Waals surface area (Å²) in [6.45, 7) is -0.833. The maximum absolute atomic E-state index is 11.8. The van der Waals surface area contributed by atoms with Gasteiger partial charge in [0.15, 0.2) is 0 Å². The number of benzene rings is 1. The van der Waals surface area contributed by atoms with Crippen molar-refractivity contribution < 1.29 is 23.8 Å². The van der Waals surface area contributed by atoms with Gasteiger partial charge in [-0.15, -0.1) is 0 Å². The lowest BCUT2D eigenvalue weighted by molar-refractivity contribution is -0.143. The molecule has 2 N–H and O–H groups in total. The van der Waals surface area contributed by atoms with E-state index in [1.807, 2.05) is 30.3 Å². The maximum Gasteiger partial charge on any atom is 0.329 e. The Morgan fingerprint density at radius 3 is 2.52 bits per heavy atom. The fraction of sp³-hybridized carbons (Fsp3) is 0.200. The highest BCUT2D eigenvalue weighted by atomic mass is 16.5. The predicted molar refractivity (Wildman–Crippen MR) is 73.6 cm³/mol. The Labute approximate surface area is 121 Å². The summed E-state index contributed by atoms with van der Waals surface area (Å²) >= 11 is 0. The largest absolute Gasteiger partial charge is 0.480 e. The molecule has 1 unspecified atom stereocenters. The third-order valence-electron chi connectivity index (χ3n) is 2.72. The van der Waals surface area contributed by atoms with E-state index in [1.165, 1.54) is 6.26 Å². The number of furan rings is 1. The van der Waals surface area contributed by atoms with Crippen LogP contribution in [0.1, 0.15) is 17.4 Å². The molecule has 0 aliphatic carbocycles. The van der Waals surface area contributed by atoms with E-state index < -0.39 is 24.5 Å². The highest BCUT2D eigenvalue weighted by Gasteiger charge is 2.19. The number of hydrogen-bond acceptors (Lipinski definition) is 4. The summed E-state index contributed by atoms with van der Waals surface area (Å²) in [5.74, 6) is -0.942. The second kappa shape index (κ2) is 7.25. The number of nitrogens with one attached hydrogen (secondary N) is 1. The molecule has 1 heterocycles. The molecule has 1 aromatic heterocycles. The van der Waals surface area contributed by atoms with Gasteiger partial charge < -0.3 is 19.6 Å². The minimum Gasteiger partial charge on any atom is -0.480 e. The molecule has 1 aromatic carbocycles. The molecule has 0 bridgehead atoms. The molecule has 2 aromatic rings. The van der Waals surface area contributed by atoms with Gasteiger partial charge in [-0.3, -0.25) is 4.79 Å². The van der Waals surface area contributed by atoms with E-state index in [0.717, 1.165) is 5.56 Å². The smallest absolute Gasteiger partial charge is 0.329 e. The van der Waals surface area contributed by atoms with Crippen LogP contribution in [0.15, 0.2) is 53.1 Å². The number of carbonyl (C=O) groups is 2. The number of carboxylic acid groups (broad SMARTS) is 1. The van der Waals surface area contributed by atoms with Gasteiger partial charge in [-0.05, 0) is 17.7 Å². The molecule has 0 aliphatic rings. The van der Waals surface area contributed by atoms with E-state index in [1.54, 1.807) is 12.1 Å². The molecule has 0 saturated carbocycles. The van der Waals surface area contributed by atoms with Gasteiger partial charge in [-0.25, -0.2) is 4.79 Å². The molecular formula is C15H15NO5. The van der Waals surface area contributed by atoms with Crippen molar-refractivity contribution in [1.29, 1.82) is 0 Å². The van der Waals surface area contributed by atoms with Crippen molar-refractivity contribution >= 4 is 11.9 Å². The molecule has 1 amide bonds. The maximum atomic E-state index is 11.8. The van der Waals surface area contributed by atoms with E-state index in [0.29, 0.717) is 5.76 Å². The van der Waals surface area contributed by atoms with E-state index >= 15 is 0 Å². The lowest BCUT2D eigenvalue weighted by Crippen LogP contribution is -2.32. The lowest BCUT2D eigenvalue weighted by atomic mass is 10.0. The van der Waals surface area contributed by atoms with Crippen LogP contribution in [0.4, 0.5) is 0 Å². The van der Waals surface area contributed by atoms with E-state index in [-0.39, 0.29) is 6.61 Å². The first-order valence-corrected chi connectivity index (χ1v) is 6.34. The number of rotatable bonds is 7. The number of amides is 1. The molecule has 0 spiro atoms. The molecule has 0 fully saturated rings. The molecule has 6 nitrogen and oxygen atoms in total. The molecule has 0 radical (unpaired) electrons. The molecule has 6 heteroatoms. The number of aliphatic carboxylic acids is 1. The third kappa shape index (κ3) is 4.47. The second-order valence-electron chi connectivity index (χ2n) is 4.31. The average Bonchev–Trinajstić information content (AvgIpc) is 2.99. The number of ether oxygens (including phenoxy) is 1. The Balaban J connectivity index is 2.04. The van der Waals surface area contributed by atoms with Crippen molar-refractivity contribution in [3.63, 3.8) is 0 Å². The molecule has 110 valence electrons. The van der Waals surface area contributed by atoms with Crippen molar-refractivity contribution in [2.24, 2.45) is 0 Å². The Morgan fingerprint density at radius 2 is 1.90 bits per heavy atom. The average molecular weight is 289 g/mol. The minimum absolute atomic E-state index is 0.323. The molecule has 0 aliphatic heterocycles. The zero-order valence-electron chi connectivity index (χ0n) is 11.2. The van der Waals surface area contributed by atoms with Crippen LogP contribution in [-0.4, -0.2) is 30.2 Å². The zero-order valence-corrected chi connectivity index (χ0v) is 11.2. The standard InChI is InChI=1S/C15H15NO5/c17-13(9-20-10-14(18)19)16-15(12-7-4-8-21-12)11-5-2-1-3-6-11/h1-8,15H,9-10H2,(H,16,17)(H,18,19). The van der Waals surface area contributed by atoms with Crippen LogP contribution < -0.4 is 5.32 Å². The van der Waals surface area contributed by atoms with Gasteiger partial charge in [-0.2, -0.15) is 0 Å². The Hall–Kier alpha value is -2.60. The van der Waals surface area contributed by atoms with Crippen LogP contribution in [0.25, 0.3) is 0 Å². The predicted octanol–water partition coefficient (Wildman–Crippen LogP) is 1.59. The first-order valence-electron chi connectivity index (χ1n) is 6.34. The summed E-state index contributed by atoms with van der Waals surface area (Å²) in [5, 5.41) is 11.2. The quantitative estimate of drug-likeness (QED) is 0.808. The summed E-state index contributed by atoms with van der Waals surface area (Å²) in [4.78, 5) is 22.2. The van der Waals surface area contributed by atoms with Crippen molar-refractivity contribution in [2.45, 2.75) is 6.04 Å². The number of carbonyl (C=O) groups excluding carboxylic acids is 1. The van der Waals surface area contributed by atoms with Crippen LogP contribution in [0.5, 0.6) is 0 Å².